The second kappa shape index (κ2) is 8.67. The zero-order valence-corrected chi connectivity index (χ0v) is 12.6. The van der Waals surface area contributed by atoms with Crippen molar-refractivity contribution < 1.29 is 14.3 Å². The largest absolute Gasteiger partial charge is 0.494 e. The molecule has 0 saturated heterocycles. The fourth-order valence-corrected chi connectivity index (χ4v) is 1.74. The van der Waals surface area contributed by atoms with E-state index >= 15 is 0 Å². The zero-order valence-electron chi connectivity index (χ0n) is 12.6. The van der Waals surface area contributed by atoms with Gasteiger partial charge in [0.05, 0.1) is 18.8 Å². The van der Waals surface area contributed by atoms with Gasteiger partial charge in [-0.3, -0.25) is 9.78 Å². The Labute approximate surface area is 130 Å². The van der Waals surface area contributed by atoms with Crippen molar-refractivity contribution in [1.82, 2.24) is 10.3 Å². The van der Waals surface area contributed by atoms with Gasteiger partial charge in [0.15, 0.2) is 6.61 Å². The van der Waals surface area contributed by atoms with E-state index in [1.165, 1.54) is 0 Å². The first-order valence-electron chi connectivity index (χ1n) is 7.30. The minimum Gasteiger partial charge on any atom is -0.494 e. The molecule has 2 aromatic rings. The summed E-state index contributed by atoms with van der Waals surface area (Å²) in [6, 6.07) is 12.8. The van der Waals surface area contributed by atoms with Crippen LogP contribution in [0.25, 0.3) is 0 Å². The number of ether oxygens (including phenoxy) is 2. The maximum atomic E-state index is 11.7. The molecule has 0 aliphatic rings. The van der Waals surface area contributed by atoms with E-state index < -0.39 is 0 Å². The van der Waals surface area contributed by atoms with Crippen LogP contribution < -0.4 is 14.8 Å². The van der Waals surface area contributed by atoms with E-state index in [-0.39, 0.29) is 12.5 Å². The van der Waals surface area contributed by atoms with E-state index in [0.29, 0.717) is 18.9 Å². The van der Waals surface area contributed by atoms with E-state index in [0.717, 1.165) is 17.9 Å². The molecule has 1 N–H and O–H groups in total. The average Bonchev–Trinajstić information content (AvgIpc) is 2.58. The monoisotopic (exact) mass is 300 g/mol. The maximum Gasteiger partial charge on any atom is 0.258 e. The first-order valence-corrected chi connectivity index (χ1v) is 7.30. The Balaban J connectivity index is 1.71. The van der Waals surface area contributed by atoms with Gasteiger partial charge in [-0.2, -0.15) is 0 Å². The van der Waals surface area contributed by atoms with Crippen LogP contribution in [0.1, 0.15) is 19.0 Å². The molecule has 0 atom stereocenters. The number of benzene rings is 1. The number of rotatable bonds is 8. The fourth-order valence-electron chi connectivity index (χ4n) is 1.74. The molecular formula is C17H20N2O3. The van der Waals surface area contributed by atoms with Gasteiger partial charge in [-0.1, -0.05) is 13.0 Å². The third-order valence-electron chi connectivity index (χ3n) is 2.86. The summed E-state index contributed by atoms with van der Waals surface area (Å²) in [6.45, 7) is 3.12. The van der Waals surface area contributed by atoms with E-state index in [1.54, 1.807) is 18.3 Å². The van der Waals surface area contributed by atoms with Gasteiger partial charge < -0.3 is 14.8 Å². The Morgan fingerprint density at radius 2 is 1.82 bits per heavy atom. The van der Waals surface area contributed by atoms with Gasteiger partial charge in [-0.15, -0.1) is 0 Å². The molecule has 0 radical (unpaired) electrons. The van der Waals surface area contributed by atoms with E-state index in [4.69, 9.17) is 9.47 Å². The number of hydrogen-bond acceptors (Lipinski definition) is 4. The normalized spacial score (nSPS) is 10.0. The summed E-state index contributed by atoms with van der Waals surface area (Å²) < 4.78 is 10.9. The molecule has 0 spiro atoms. The van der Waals surface area contributed by atoms with Crippen LogP contribution in [0.5, 0.6) is 11.5 Å². The molecule has 0 bridgehead atoms. The summed E-state index contributed by atoms with van der Waals surface area (Å²) in [4.78, 5) is 15.8. The predicted molar refractivity (Wildman–Crippen MR) is 83.8 cm³/mol. The second-order valence-electron chi connectivity index (χ2n) is 4.71. The van der Waals surface area contributed by atoms with Gasteiger partial charge >= 0.3 is 0 Å². The van der Waals surface area contributed by atoms with Crippen LogP contribution in [0, 0.1) is 0 Å². The van der Waals surface area contributed by atoms with Crippen molar-refractivity contribution in [2.75, 3.05) is 13.2 Å². The van der Waals surface area contributed by atoms with Crippen LogP contribution in [-0.2, 0) is 11.3 Å². The van der Waals surface area contributed by atoms with Crippen molar-refractivity contribution in [3.63, 3.8) is 0 Å². The van der Waals surface area contributed by atoms with Gasteiger partial charge in [0.2, 0.25) is 0 Å². The highest BCUT2D eigenvalue weighted by molar-refractivity contribution is 5.77. The highest BCUT2D eigenvalue weighted by Gasteiger charge is 2.03. The van der Waals surface area contributed by atoms with Crippen LogP contribution in [0.2, 0.25) is 0 Å². The summed E-state index contributed by atoms with van der Waals surface area (Å²) in [6.07, 6.45) is 2.66. The number of pyridine rings is 1. The summed E-state index contributed by atoms with van der Waals surface area (Å²) in [5.74, 6) is 1.25. The molecule has 2 rings (SSSR count). The number of nitrogens with zero attached hydrogens (tertiary/aromatic N) is 1. The van der Waals surface area contributed by atoms with Gasteiger partial charge in [0.1, 0.15) is 11.5 Å². The van der Waals surface area contributed by atoms with Crippen LogP contribution in [0.4, 0.5) is 0 Å². The molecule has 0 fully saturated rings. The highest BCUT2D eigenvalue weighted by atomic mass is 16.5. The SMILES string of the molecule is CCCOc1ccc(OCC(=O)NCc2ccccn2)cc1. The molecule has 0 unspecified atom stereocenters. The Bertz CT molecular complexity index is 570. The number of aromatic nitrogens is 1. The minimum absolute atomic E-state index is 0.0258. The van der Waals surface area contributed by atoms with Gasteiger partial charge in [0, 0.05) is 6.20 Å². The molecule has 116 valence electrons. The number of carbonyl (C=O) groups is 1. The highest BCUT2D eigenvalue weighted by Crippen LogP contribution is 2.17. The molecule has 1 amide bonds. The van der Waals surface area contributed by atoms with Crippen LogP contribution in [0.15, 0.2) is 48.7 Å². The molecule has 0 aliphatic carbocycles. The standard InChI is InChI=1S/C17H20N2O3/c1-2-11-21-15-6-8-16(9-7-15)22-13-17(20)19-12-14-5-3-4-10-18-14/h3-10H,2,11-13H2,1H3,(H,19,20). The zero-order chi connectivity index (χ0) is 15.6. The first kappa shape index (κ1) is 15.8. The third kappa shape index (κ3) is 5.44. The third-order valence-corrected chi connectivity index (χ3v) is 2.86. The van der Waals surface area contributed by atoms with Crippen LogP contribution >= 0.6 is 0 Å². The van der Waals surface area contributed by atoms with Crippen molar-refractivity contribution in [2.24, 2.45) is 0 Å². The van der Waals surface area contributed by atoms with Crippen molar-refractivity contribution >= 4 is 5.91 Å². The molecular weight excluding hydrogens is 280 g/mol. The van der Waals surface area contributed by atoms with Crippen LogP contribution in [-0.4, -0.2) is 24.1 Å². The Hall–Kier alpha value is -2.56. The van der Waals surface area contributed by atoms with Gasteiger partial charge in [-0.05, 0) is 42.8 Å². The number of hydrogen-bond donors (Lipinski definition) is 1. The van der Waals surface area contributed by atoms with Crippen LogP contribution in [0.3, 0.4) is 0 Å². The van der Waals surface area contributed by atoms with E-state index in [1.807, 2.05) is 30.3 Å². The maximum absolute atomic E-state index is 11.7. The fraction of sp³-hybridized carbons (Fsp3) is 0.294. The second-order valence-corrected chi connectivity index (χ2v) is 4.71. The van der Waals surface area contributed by atoms with E-state index in [2.05, 4.69) is 17.2 Å². The lowest BCUT2D eigenvalue weighted by Crippen LogP contribution is -2.28. The molecule has 5 nitrogen and oxygen atoms in total. The molecule has 0 saturated carbocycles. The minimum atomic E-state index is -0.183. The van der Waals surface area contributed by atoms with Crippen molar-refractivity contribution in [1.29, 1.82) is 0 Å². The Kier molecular flexibility index (Phi) is 6.23. The Morgan fingerprint density at radius 1 is 1.09 bits per heavy atom. The van der Waals surface area contributed by atoms with Gasteiger partial charge in [0.25, 0.3) is 5.91 Å². The number of amides is 1. The van der Waals surface area contributed by atoms with Crippen molar-refractivity contribution in [3.8, 4) is 11.5 Å². The van der Waals surface area contributed by atoms with Crippen molar-refractivity contribution in [3.05, 3.63) is 54.4 Å². The molecule has 1 heterocycles. The molecule has 0 aliphatic heterocycles. The smallest absolute Gasteiger partial charge is 0.258 e. The van der Waals surface area contributed by atoms with Gasteiger partial charge in [-0.25, -0.2) is 0 Å². The lowest BCUT2D eigenvalue weighted by atomic mass is 10.3. The summed E-state index contributed by atoms with van der Waals surface area (Å²) in [7, 11) is 0. The molecule has 5 heteroatoms. The quantitative estimate of drug-likeness (QED) is 0.814. The topological polar surface area (TPSA) is 60.5 Å². The number of nitrogens with one attached hydrogen (secondary N) is 1. The lowest BCUT2D eigenvalue weighted by molar-refractivity contribution is -0.123. The predicted octanol–water partition coefficient (Wildman–Crippen LogP) is 2.57. The summed E-state index contributed by atoms with van der Waals surface area (Å²) in [5, 5.41) is 2.76. The summed E-state index contributed by atoms with van der Waals surface area (Å²) >= 11 is 0. The lowest BCUT2D eigenvalue weighted by Gasteiger charge is -2.08. The first-order chi connectivity index (χ1) is 10.8. The summed E-state index contributed by atoms with van der Waals surface area (Å²) in [5.41, 5.74) is 0.813. The van der Waals surface area contributed by atoms with E-state index in [9.17, 15) is 4.79 Å². The van der Waals surface area contributed by atoms with Crippen molar-refractivity contribution in [2.45, 2.75) is 19.9 Å². The molecule has 1 aromatic carbocycles. The molecule has 1 aromatic heterocycles. The molecule has 22 heavy (non-hydrogen) atoms. The average molecular weight is 300 g/mol. The Morgan fingerprint density at radius 3 is 2.45 bits per heavy atom. The number of carbonyl (C=O) groups excluding carboxylic acids is 1.